The highest BCUT2D eigenvalue weighted by molar-refractivity contribution is 7.98. The summed E-state index contributed by atoms with van der Waals surface area (Å²) in [6.45, 7) is 5.28. The number of nitrogens with two attached hydrogens (primary N) is 1. The van der Waals surface area contributed by atoms with E-state index in [1.54, 1.807) is 23.1 Å². The number of fused-ring (bicyclic) bond motifs is 1. The Morgan fingerprint density at radius 2 is 2.00 bits per heavy atom. The zero-order valence-electron chi connectivity index (χ0n) is 16.8. The Morgan fingerprint density at radius 3 is 2.70 bits per heavy atom. The minimum absolute atomic E-state index is 0.364. The molecule has 0 spiro atoms. The number of benzene rings is 1. The summed E-state index contributed by atoms with van der Waals surface area (Å²) in [4.78, 5) is 15.0. The average Bonchev–Trinajstić information content (AvgIpc) is 3.00. The number of primary sulfonamides is 1. The summed E-state index contributed by atoms with van der Waals surface area (Å²) >= 11 is 9.27. The van der Waals surface area contributed by atoms with Crippen LogP contribution in [0.25, 0.3) is 10.2 Å². The average molecular weight is 483 g/mol. The van der Waals surface area contributed by atoms with Crippen molar-refractivity contribution in [3.05, 3.63) is 45.6 Å². The van der Waals surface area contributed by atoms with Gasteiger partial charge in [0.2, 0.25) is 10.0 Å². The highest BCUT2D eigenvalue weighted by Crippen LogP contribution is 2.37. The summed E-state index contributed by atoms with van der Waals surface area (Å²) in [7, 11) is -3.58. The first-order chi connectivity index (χ1) is 14.2. The molecule has 1 aliphatic rings. The molecule has 30 heavy (non-hydrogen) atoms. The summed E-state index contributed by atoms with van der Waals surface area (Å²) < 4.78 is 23.9. The van der Waals surface area contributed by atoms with Gasteiger partial charge in [-0.05, 0) is 56.5 Å². The summed E-state index contributed by atoms with van der Waals surface area (Å²) in [5.41, 5.74) is 1.15. The Morgan fingerprint density at radius 1 is 1.27 bits per heavy atom. The second-order valence-electron chi connectivity index (χ2n) is 7.47. The van der Waals surface area contributed by atoms with Gasteiger partial charge in [0.05, 0.1) is 16.4 Å². The van der Waals surface area contributed by atoms with E-state index in [4.69, 9.17) is 26.7 Å². The van der Waals surface area contributed by atoms with E-state index in [9.17, 15) is 8.42 Å². The van der Waals surface area contributed by atoms with Crippen molar-refractivity contribution in [3.63, 3.8) is 0 Å². The molecule has 160 valence electrons. The number of halogens is 1. The van der Waals surface area contributed by atoms with E-state index in [1.807, 2.05) is 24.3 Å². The molecule has 0 radical (unpaired) electrons. The zero-order chi connectivity index (χ0) is 21.5. The minimum Gasteiger partial charge on any atom is -0.355 e. The van der Waals surface area contributed by atoms with Crippen molar-refractivity contribution >= 4 is 60.8 Å². The molecule has 2 N–H and O–H groups in total. The van der Waals surface area contributed by atoms with Crippen LogP contribution in [0, 0.1) is 13.8 Å². The lowest BCUT2D eigenvalue weighted by atomic mass is 10.1. The predicted molar refractivity (Wildman–Crippen MR) is 126 cm³/mol. The normalized spacial score (nSPS) is 17.6. The van der Waals surface area contributed by atoms with Crippen LogP contribution in [0.3, 0.4) is 0 Å². The Kier molecular flexibility index (Phi) is 6.28. The second kappa shape index (κ2) is 8.63. The van der Waals surface area contributed by atoms with Gasteiger partial charge >= 0.3 is 0 Å². The number of aryl methyl sites for hydroxylation is 2. The Bertz CT molecular complexity index is 1180. The van der Waals surface area contributed by atoms with Crippen LogP contribution in [0.1, 0.15) is 29.1 Å². The first-order valence-electron chi connectivity index (χ1n) is 9.64. The van der Waals surface area contributed by atoms with Crippen LogP contribution in [-0.2, 0) is 15.8 Å². The van der Waals surface area contributed by atoms with Gasteiger partial charge in [0, 0.05) is 27.9 Å². The molecule has 0 unspecified atom stereocenters. The minimum atomic E-state index is -3.58. The number of thiophene rings is 1. The van der Waals surface area contributed by atoms with E-state index in [-0.39, 0.29) is 0 Å². The van der Waals surface area contributed by atoms with E-state index >= 15 is 0 Å². The quantitative estimate of drug-likeness (QED) is 0.538. The van der Waals surface area contributed by atoms with E-state index in [0.29, 0.717) is 23.7 Å². The van der Waals surface area contributed by atoms with Gasteiger partial charge in [-0.25, -0.2) is 23.5 Å². The monoisotopic (exact) mass is 482 g/mol. The number of nitrogens with zero attached hydrogens (tertiary/aromatic N) is 3. The number of anilines is 1. The van der Waals surface area contributed by atoms with E-state index < -0.39 is 15.3 Å². The van der Waals surface area contributed by atoms with Crippen LogP contribution >= 0.6 is 34.7 Å². The zero-order valence-corrected chi connectivity index (χ0v) is 20.0. The summed E-state index contributed by atoms with van der Waals surface area (Å²) in [6.07, 6.45) is 1.36. The second-order valence-corrected chi connectivity index (χ2v) is 12.0. The maximum absolute atomic E-state index is 12.0. The van der Waals surface area contributed by atoms with Crippen LogP contribution < -0.4 is 10.0 Å². The SMILES string of the molecule is Cc1sc2nc(CSc3ccc(Cl)cc3)nc(N3CCC[C@@H](S(N)(=O)=O)C3)c2c1C. The topological polar surface area (TPSA) is 89.2 Å². The van der Waals surface area contributed by atoms with Crippen LogP contribution in [0.4, 0.5) is 5.82 Å². The molecule has 1 aliphatic heterocycles. The highest BCUT2D eigenvalue weighted by atomic mass is 35.5. The Labute approximate surface area is 189 Å². The number of sulfonamides is 1. The molecule has 0 aliphatic carbocycles. The molecular formula is C20H23ClN4O2S3. The van der Waals surface area contributed by atoms with Gasteiger partial charge in [-0.15, -0.1) is 23.1 Å². The third-order valence-corrected chi connectivity index (χ3v) is 9.05. The molecule has 3 heterocycles. The first-order valence-corrected chi connectivity index (χ1v) is 13.4. The van der Waals surface area contributed by atoms with Crippen molar-refractivity contribution in [2.75, 3.05) is 18.0 Å². The molecule has 2 aromatic heterocycles. The number of piperidine rings is 1. The van der Waals surface area contributed by atoms with Crippen molar-refractivity contribution in [2.24, 2.45) is 5.14 Å². The van der Waals surface area contributed by atoms with Gasteiger partial charge in [-0.1, -0.05) is 11.6 Å². The van der Waals surface area contributed by atoms with Gasteiger partial charge in [0.1, 0.15) is 16.5 Å². The third-order valence-electron chi connectivity index (χ3n) is 5.38. The van der Waals surface area contributed by atoms with Crippen LogP contribution in [0.2, 0.25) is 5.02 Å². The summed E-state index contributed by atoms with van der Waals surface area (Å²) in [6, 6.07) is 7.69. The molecule has 6 nitrogen and oxygen atoms in total. The maximum Gasteiger partial charge on any atom is 0.213 e. The molecule has 0 saturated carbocycles. The van der Waals surface area contributed by atoms with Crippen molar-refractivity contribution in [2.45, 2.75) is 42.6 Å². The summed E-state index contributed by atoms with van der Waals surface area (Å²) in [5.74, 6) is 2.17. The molecule has 1 saturated heterocycles. The number of thioether (sulfide) groups is 1. The van der Waals surface area contributed by atoms with Crippen molar-refractivity contribution < 1.29 is 8.42 Å². The third kappa shape index (κ3) is 4.60. The molecule has 1 aromatic carbocycles. The molecule has 0 amide bonds. The van der Waals surface area contributed by atoms with Crippen molar-refractivity contribution in [1.29, 1.82) is 0 Å². The molecule has 0 bridgehead atoms. The van der Waals surface area contributed by atoms with Gasteiger partial charge in [-0.3, -0.25) is 0 Å². The molecule has 1 atom stereocenters. The predicted octanol–water partition coefficient (Wildman–Crippen LogP) is 4.51. The molecule has 1 fully saturated rings. The lowest BCUT2D eigenvalue weighted by Crippen LogP contribution is -2.45. The van der Waals surface area contributed by atoms with E-state index in [2.05, 4.69) is 18.7 Å². The van der Waals surface area contributed by atoms with Crippen molar-refractivity contribution in [3.8, 4) is 0 Å². The number of hydrogen-bond donors (Lipinski definition) is 1. The van der Waals surface area contributed by atoms with Gasteiger partial charge in [0.15, 0.2) is 0 Å². The largest absolute Gasteiger partial charge is 0.355 e. The fourth-order valence-corrected chi connectivity index (χ4v) is 6.45. The van der Waals surface area contributed by atoms with Crippen LogP contribution in [0.5, 0.6) is 0 Å². The van der Waals surface area contributed by atoms with Crippen LogP contribution in [-0.4, -0.2) is 36.7 Å². The van der Waals surface area contributed by atoms with Gasteiger partial charge < -0.3 is 4.90 Å². The molecule has 4 rings (SSSR count). The van der Waals surface area contributed by atoms with Gasteiger partial charge in [-0.2, -0.15) is 0 Å². The lowest BCUT2D eigenvalue weighted by molar-refractivity contribution is 0.531. The van der Waals surface area contributed by atoms with Crippen molar-refractivity contribution in [1.82, 2.24) is 9.97 Å². The van der Waals surface area contributed by atoms with Gasteiger partial charge in [0.25, 0.3) is 0 Å². The standard InChI is InChI=1S/C20H23ClN4O2S3/c1-12-13(2)29-20-18(12)19(25-9-3-4-16(10-25)30(22,26)27)23-17(24-20)11-28-15-7-5-14(21)6-8-15/h5-8,16H,3-4,9-11H2,1-2H3,(H2,22,26,27)/t16-/m1/s1. The highest BCUT2D eigenvalue weighted by Gasteiger charge is 2.30. The van der Waals surface area contributed by atoms with Crippen LogP contribution in [0.15, 0.2) is 29.2 Å². The smallest absolute Gasteiger partial charge is 0.213 e. The summed E-state index contributed by atoms with van der Waals surface area (Å²) in [5, 5.41) is 6.61. The molecule has 3 aromatic rings. The fraction of sp³-hybridized carbons (Fsp3) is 0.400. The van der Waals surface area contributed by atoms with E-state index in [0.717, 1.165) is 45.3 Å². The number of aromatic nitrogens is 2. The number of hydrogen-bond acceptors (Lipinski definition) is 7. The van der Waals surface area contributed by atoms with E-state index in [1.165, 1.54) is 4.88 Å². The first kappa shape index (κ1) is 21.8. The Hall–Kier alpha value is -1.39. The number of rotatable bonds is 5. The fourth-order valence-electron chi connectivity index (χ4n) is 3.64. The Balaban J connectivity index is 1.69. The maximum atomic E-state index is 12.0. The molecule has 10 heteroatoms. The lowest BCUT2D eigenvalue weighted by Gasteiger charge is -2.33. The molecular weight excluding hydrogens is 460 g/mol.